The first-order valence-corrected chi connectivity index (χ1v) is 11.1. The Kier molecular flexibility index (Phi) is 4.96. The summed E-state index contributed by atoms with van der Waals surface area (Å²) in [4.78, 5) is 44.1. The molecule has 0 spiro atoms. The van der Waals surface area contributed by atoms with Crippen LogP contribution >= 0.6 is 0 Å². The van der Waals surface area contributed by atoms with E-state index < -0.39 is 17.9 Å². The molecule has 0 unspecified atom stereocenters. The third kappa shape index (κ3) is 3.04. The van der Waals surface area contributed by atoms with Gasteiger partial charge in [-0.05, 0) is 43.7 Å². The highest BCUT2D eigenvalue weighted by Gasteiger charge is 2.64. The van der Waals surface area contributed by atoms with Crippen LogP contribution in [-0.4, -0.2) is 48.2 Å². The highest BCUT2D eigenvalue weighted by atomic mass is 16.5. The summed E-state index contributed by atoms with van der Waals surface area (Å²) in [6, 6.07) is 11.9. The molecule has 2 aromatic carbocycles. The van der Waals surface area contributed by atoms with Gasteiger partial charge in [0, 0.05) is 23.4 Å². The van der Waals surface area contributed by atoms with Crippen LogP contribution in [0.4, 0.5) is 5.69 Å². The number of aryl methyl sites for hydroxylation is 1. The van der Waals surface area contributed by atoms with Gasteiger partial charge in [-0.3, -0.25) is 19.3 Å². The summed E-state index contributed by atoms with van der Waals surface area (Å²) in [6.07, 6.45) is 3.59. The van der Waals surface area contributed by atoms with E-state index in [2.05, 4.69) is 12.6 Å². The van der Waals surface area contributed by atoms with Crippen LogP contribution < -0.4 is 9.64 Å². The highest BCUT2D eigenvalue weighted by molar-refractivity contribution is 6.14. The summed E-state index contributed by atoms with van der Waals surface area (Å²) < 4.78 is 5.32. The van der Waals surface area contributed by atoms with Gasteiger partial charge in [0.2, 0.25) is 11.8 Å². The second-order valence-electron chi connectivity index (χ2n) is 8.94. The number of hydrogen-bond acceptors (Lipinski definition) is 5. The van der Waals surface area contributed by atoms with Crippen molar-refractivity contribution in [2.24, 2.45) is 11.8 Å². The maximum Gasteiger partial charge on any atom is 0.236 e. The van der Waals surface area contributed by atoms with Crippen molar-refractivity contribution in [3.8, 4) is 5.75 Å². The number of ether oxygens (including phenoxy) is 1. The van der Waals surface area contributed by atoms with E-state index in [1.165, 1.54) is 4.90 Å². The van der Waals surface area contributed by atoms with Crippen LogP contribution in [0.3, 0.4) is 0 Å². The topological polar surface area (TPSA) is 66.9 Å². The van der Waals surface area contributed by atoms with E-state index in [1.807, 2.05) is 37.0 Å². The molecule has 3 heterocycles. The fraction of sp³-hybridized carbons (Fsp3) is 0.296. The molecule has 3 aliphatic rings. The summed E-state index contributed by atoms with van der Waals surface area (Å²) in [6.45, 7) is 7.88. The minimum atomic E-state index is -0.788. The van der Waals surface area contributed by atoms with Crippen molar-refractivity contribution in [1.29, 1.82) is 0 Å². The molecule has 0 bridgehead atoms. The molecule has 2 aromatic rings. The second kappa shape index (κ2) is 7.73. The Morgan fingerprint density at radius 1 is 1.09 bits per heavy atom. The lowest BCUT2D eigenvalue weighted by Crippen LogP contribution is -2.49. The average Bonchev–Trinajstić information content (AvgIpc) is 3.27. The number of hydrogen-bond donors (Lipinski definition) is 0. The van der Waals surface area contributed by atoms with Gasteiger partial charge >= 0.3 is 0 Å². The number of ketones is 1. The quantitative estimate of drug-likeness (QED) is 0.402. The van der Waals surface area contributed by atoms with Crippen LogP contribution in [-0.2, 0) is 9.59 Å². The Morgan fingerprint density at radius 3 is 2.58 bits per heavy atom. The molecule has 0 N–H and O–H groups in total. The van der Waals surface area contributed by atoms with E-state index in [-0.39, 0.29) is 30.2 Å². The van der Waals surface area contributed by atoms with Crippen molar-refractivity contribution < 1.29 is 19.1 Å². The monoisotopic (exact) mass is 442 g/mol. The zero-order valence-electron chi connectivity index (χ0n) is 18.9. The van der Waals surface area contributed by atoms with Crippen molar-refractivity contribution in [3.63, 3.8) is 0 Å². The number of allylic oxidation sites excluding steroid dienone is 1. The van der Waals surface area contributed by atoms with Crippen molar-refractivity contribution in [3.05, 3.63) is 77.9 Å². The maximum atomic E-state index is 14.0. The third-order valence-corrected chi connectivity index (χ3v) is 7.03. The van der Waals surface area contributed by atoms with Gasteiger partial charge < -0.3 is 9.64 Å². The molecule has 6 nitrogen and oxygen atoms in total. The lowest BCUT2D eigenvalue weighted by Gasteiger charge is -2.38. The molecular weight excluding hydrogens is 416 g/mol. The smallest absolute Gasteiger partial charge is 0.236 e. The van der Waals surface area contributed by atoms with Crippen LogP contribution in [0.15, 0.2) is 61.2 Å². The molecule has 0 radical (unpaired) electrons. The summed E-state index contributed by atoms with van der Waals surface area (Å²) in [7, 11) is 1.55. The van der Waals surface area contributed by atoms with Gasteiger partial charge in [0.05, 0.1) is 25.0 Å². The molecule has 0 aromatic heterocycles. The fourth-order valence-corrected chi connectivity index (χ4v) is 5.57. The zero-order chi connectivity index (χ0) is 23.4. The predicted octanol–water partition coefficient (Wildman–Crippen LogP) is 3.65. The van der Waals surface area contributed by atoms with Gasteiger partial charge in [0.1, 0.15) is 11.8 Å². The Labute approximate surface area is 193 Å². The number of amides is 2. The Balaban J connectivity index is 1.69. The molecule has 33 heavy (non-hydrogen) atoms. The van der Waals surface area contributed by atoms with Crippen LogP contribution in [0.2, 0.25) is 0 Å². The molecule has 0 aliphatic carbocycles. The van der Waals surface area contributed by atoms with E-state index in [0.717, 1.165) is 22.4 Å². The van der Waals surface area contributed by atoms with Crippen molar-refractivity contribution in [2.45, 2.75) is 25.9 Å². The number of fused-ring (bicyclic) bond motifs is 5. The van der Waals surface area contributed by atoms with Crippen molar-refractivity contribution >= 4 is 28.9 Å². The first kappa shape index (κ1) is 21.2. The molecule has 4 atom stereocenters. The van der Waals surface area contributed by atoms with Gasteiger partial charge in [0.15, 0.2) is 5.78 Å². The van der Waals surface area contributed by atoms with Gasteiger partial charge in [-0.25, -0.2) is 0 Å². The van der Waals surface area contributed by atoms with Crippen LogP contribution in [0.1, 0.15) is 28.4 Å². The fourth-order valence-electron chi connectivity index (χ4n) is 5.57. The molecule has 5 rings (SSSR count). The molecule has 6 heteroatoms. The van der Waals surface area contributed by atoms with Gasteiger partial charge in [-0.2, -0.15) is 0 Å². The van der Waals surface area contributed by atoms with Crippen LogP contribution in [0.25, 0.3) is 5.57 Å². The van der Waals surface area contributed by atoms with E-state index in [4.69, 9.17) is 4.74 Å². The summed E-state index contributed by atoms with van der Waals surface area (Å²) >= 11 is 0. The molecule has 168 valence electrons. The number of methoxy groups -OCH3 is 1. The molecule has 2 saturated heterocycles. The number of Topliss-reactive ketones (excluding diaryl/α,β-unsaturated/α-hetero) is 1. The SMILES string of the molecule is C=CCN1C(=O)[C@@H]2[C@H](C1=O)[C@@H](C(=O)c1cccc(OC)c1)N1c3ccc(C)cc3C(C)=C[C@@H]21. The number of nitrogens with zero attached hydrogens (tertiary/aromatic N) is 2. The van der Waals surface area contributed by atoms with E-state index in [0.29, 0.717) is 11.3 Å². The second-order valence-corrected chi connectivity index (χ2v) is 8.94. The third-order valence-electron chi connectivity index (χ3n) is 7.03. The largest absolute Gasteiger partial charge is 0.497 e. The van der Waals surface area contributed by atoms with Gasteiger partial charge in [-0.1, -0.05) is 35.9 Å². The Morgan fingerprint density at radius 2 is 1.85 bits per heavy atom. The Hall–Kier alpha value is -3.67. The number of carbonyl (C=O) groups excluding carboxylic acids is 3. The number of likely N-dealkylation sites (tertiary alicyclic amines) is 1. The summed E-state index contributed by atoms with van der Waals surface area (Å²) in [5, 5.41) is 0. The van der Waals surface area contributed by atoms with E-state index >= 15 is 0 Å². The Bertz CT molecular complexity index is 1230. The predicted molar refractivity (Wildman–Crippen MR) is 126 cm³/mol. The molecule has 3 aliphatic heterocycles. The lowest BCUT2D eigenvalue weighted by molar-refractivity contribution is -0.139. The van der Waals surface area contributed by atoms with Gasteiger partial charge in [-0.15, -0.1) is 6.58 Å². The summed E-state index contributed by atoms with van der Waals surface area (Å²) in [5.41, 5.74) is 4.53. The van der Waals surface area contributed by atoms with Crippen molar-refractivity contribution in [1.82, 2.24) is 4.90 Å². The minimum absolute atomic E-state index is 0.149. The number of anilines is 1. The van der Waals surface area contributed by atoms with E-state index in [9.17, 15) is 14.4 Å². The molecule has 0 saturated carbocycles. The van der Waals surface area contributed by atoms with Crippen LogP contribution in [0.5, 0.6) is 5.75 Å². The molecule has 2 amide bonds. The lowest BCUT2D eigenvalue weighted by atomic mass is 9.85. The van der Waals surface area contributed by atoms with Crippen LogP contribution in [0, 0.1) is 18.8 Å². The van der Waals surface area contributed by atoms with E-state index in [1.54, 1.807) is 37.5 Å². The molecule has 2 fully saturated rings. The maximum absolute atomic E-state index is 14.0. The first-order valence-electron chi connectivity index (χ1n) is 11.1. The normalized spacial score (nSPS) is 25.4. The number of imide groups is 1. The number of carbonyl (C=O) groups is 3. The first-order chi connectivity index (χ1) is 15.9. The van der Waals surface area contributed by atoms with Gasteiger partial charge in [0.25, 0.3) is 0 Å². The van der Waals surface area contributed by atoms with Crippen molar-refractivity contribution in [2.75, 3.05) is 18.6 Å². The standard InChI is InChI=1S/C27H26N2O4/c1-5-11-28-26(31)22-21-13-16(3)19-12-15(2)9-10-20(19)29(21)24(23(22)27(28)32)25(30)17-7-6-8-18(14-17)33-4/h5-10,12-14,21-24H,1,11H2,2-4H3/t21-,22-,23-,24-/m0/s1. The number of rotatable bonds is 5. The minimum Gasteiger partial charge on any atom is -0.497 e. The summed E-state index contributed by atoms with van der Waals surface area (Å²) in [5.74, 6) is -1.52. The zero-order valence-corrected chi connectivity index (χ0v) is 18.9. The number of benzene rings is 2. The molecular formula is C27H26N2O4. The average molecular weight is 443 g/mol. The highest BCUT2D eigenvalue weighted by Crippen LogP contribution is 2.50.